The van der Waals surface area contributed by atoms with Crippen LogP contribution in [0.1, 0.15) is 148 Å². The third kappa shape index (κ3) is 24.4. The summed E-state index contributed by atoms with van der Waals surface area (Å²) in [6.45, 7) is 20.9. The van der Waals surface area contributed by atoms with Gasteiger partial charge < -0.3 is 19.5 Å². The van der Waals surface area contributed by atoms with E-state index in [9.17, 15) is 5.11 Å². The number of ether oxygens (including phenoxy) is 2. The molecule has 4 aliphatic heterocycles. The number of piperidine rings is 4. The summed E-state index contributed by atoms with van der Waals surface area (Å²) < 4.78 is 10.9. The molecule has 0 radical (unpaired) electrons. The van der Waals surface area contributed by atoms with Gasteiger partial charge in [-0.15, -0.1) is 11.3 Å². The second-order valence-corrected chi connectivity index (χ2v) is 36.7. The summed E-state index contributed by atoms with van der Waals surface area (Å²) >= 11 is 1.84. The van der Waals surface area contributed by atoms with Gasteiger partial charge in [0, 0.05) is 173 Å². The lowest BCUT2D eigenvalue weighted by Gasteiger charge is -2.32. The Morgan fingerprint density at radius 3 is 1.06 bits per heavy atom. The van der Waals surface area contributed by atoms with E-state index in [4.69, 9.17) is 49.3 Å². The lowest BCUT2D eigenvalue weighted by atomic mass is 9.88. The van der Waals surface area contributed by atoms with Crippen molar-refractivity contribution in [2.24, 2.45) is 0 Å². The molecule has 1 N–H and O–H groups in total. The first-order valence-corrected chi connectivity index (χ1v) is 48.0. The fourth-order valence-electron chi connectivity index (χ4n) is 18.8. The number of phenolic OH excluding ortho intramolecular Hbond substituents is 1. The molecular formula is C114H118N16O3S. The zero-order chi connectivity index (χ0) is 91.7. The van der Waals surface area contributed by atoms with E-state index < -0.39 is 0 Å². The molecule has 0 bridgehead atoms. The molecule has 0 aliphatic carbocycles. The van der Waals surface area contributed by atoms with Gasteiger partial charge in [0.1, 0.15) is 17.2 Å². The minimum Gasteiger partial charge on any atom is -0.508 e. The quantitative estimate of drug-likeness (QED) is 0.0597. The van der Waals surface area contributed by atoms with E-state index in [0.717, 1.165) is 249 Å². The maximum atomic E-state index is 10.3. The van der Waals surface area contributed by atoms with E-state index in [2.05, 4.69) is 218 Å². The molecule has 13 heterocycles. The second-order valence-electron chi connectivity index (χ2n) is 35.7. The predicted molar refractivity (Wildman–Crippen MR) is 539 cm³/mol. The summed E-state index contributed by atoms with van der Waals surface area (Å²) in [5.41, 5.74) is 26.4. The lowest BCUT2D eigenvalue weighted by Crippen LogP contribution is -2.34. The highest BCUT2D eigenvalue weighted by Crippen LogP contribution is 2.42. The van der Waals surface area contributed by atoms with E-state index in [1.165, 1.54) is 61.5 Å². The van der Waals surface area contributed by atoms with Crippen LogP contribution < -0.4 is 9.47 Å². The second kappa shape index (κ2) is 45.7. The molecule has 0 atom stereocenters. The largest absolute Gasteiger partial charge is 0.508 e. The van der Waals surface area contributed by atoms with Crippen molar-refractivity contribution in [2.45, 2.75) is 135 Å². The number of aromatic nitrogens is 12. The number of hydrogen-bond acceptors (Lipinski definition) is 20. The van der Waals surface area contributed by atoms with Crippen LogP contribution in [0.25, 0.3) is 90.1 Å². The highest BCUT2D eigenvalue weighted by atomic mass is 32.1. The molecule has 16 aromatic rings. The van der Waals surface area contributed by atoms with Crippen LogP contribution in [0, 0.1) is 27.7 Å². The number of methoxy groups -OCH3 is 2. The molecule has 0 unspecified atom stereocenters. The van der Waals surface area contributed by atoms with Gasteiger partial charge in [-0.25, -0.2) is 39.9 Å². The van der Waals surface area contributed by atoms with Crippen LogP contribution in [-0.4, -0.2) is 158 Å². The van der Waals surface area contributed by atoms with Crippen LogP contribution in [0.5, 0.6) is 17.2 Å². The maximum Gasteiger partial charge on any atom is 0.159 e. The van der Waals surface area contributed by atoms with Crippen molar-refractivity contribution in [3.8, 4) is 107 Å². The number of hydrogen-bond donors (Lipinski definition) is 1. The Morgan fingerprint density at radius 1 is 0.321 bits per heavy atom. The first-order chi connectivity index (χ1) is 65.8. The van der Waals surface area contributed by atoms with E-state index in [-0.39, 0.29) is 0 Å². The standard InChI is InChI=1S/C30H32N4O.C29H30N4O.C29H30N4.C26H26N4OS/c1-35-27-11-5-10-26(21-27)28-22-32-30(25-12-16-31-17-13-25)33-29(28)24-14-19-34(20-15-24)18-6-9-23-7-3-2-4-8-23;1-20-4-3-5-24(16-20)26-18-31-29(23-8-12-30-13-9-23)32-28(26)22-10-14-33(15-11-22)19-25-17-21(2)6-7-27(25)34;1-21-6-8-23(9-7-21)20-33-16-12-24(13-17-33)28-27(26-5-3-4-22(2)18-26)19-31-29(32-28)25-10-14-30-15-11-25;1-31-22-5-2-4-21(16-22)24-17-28-26(20-7-11-27-12-8-20)29-25(24)19-9-13-30(14-10-19)18-23-6-3-15-32-23/h2-5,7-8,10-13,16-17,21-22,24H,6,9,14-15,18-20H2,1H3;3-9,12-13,16-18,22,34H,10-11,14-15,19H2,1-2H3;3-11,14-15,18-19,24H,12-13,16-17,20H2,1-2H3;2-8,11-12,15-17,19H,9-10,13-14,18H2,1H3. The number of aryl methyl sites for hydroxylation is 5. The van der Waals surface area contributed by atoms with Crippen molar-refractivity contribution < 1.29 is 14.6 Å². The Balaban J connectivity index is 0.000000124. The summed E-state index contributed by atoms with van der Waals surface area (Å²) in [4.78, 5) is 67.5. The number of benzene rings is 7. The molecule has 20 rings (SSSR count). The molecule has 20 heteroatoms. The summed E-state index contributed by atoms with van der Waals surface area (Å²) in [5.74, 6) is 6.73. The molecule has 19 nitrogen and oxygen atoms in total. The fraction of sp³-hybridized carbons (Fsp3) is 0.281. The number of aromatic hydroxyl groups is 1. The topological polar surface area (TPSA) is 206 Å². The van der Waals surface area contributed by atoms with Gasteiger partial charge in [0.15, 0.2) is 23.3 Å². The molecule has 0 saturated carbocycles. The number of rotatable bonds is 24. The van der Waals surface area contributed by atoms with E-state index in [1.807, 2.05) is 115 Å². The van der Waals surface area contributed by atoms with Crippen LogP contribution in [0.2, 0.25) is 0 Å². The van der Waals surface area contributed by atoms with Gasteiger partial charge in [0.25, 0.3) is 0 Å². The molecule has 9 aromatic heterocycles. The molecule has 4 aliphatic rings. The van der Waals surface area contributed by atoms with Gasteiger partial charge in [-0.2, -0.15) is 0 Å². The SMILES string of the molecule is COc1cccc(-c2cnc(-c3ccncc3)nc2C2CCN(CCCc3ccccc3)CC2)c1.COc1cccc(-c2cnc(-c3ccncc3)nc2C2CCN(Cc3cccs3)CC2)c1.Cc1ccc(CN2CCC(c3nc(-c4ccncc4)ncc3-c3cccc(C)c3)CC2)cc1.Cc1cccc(-c2cnc(-c3ccncc3)nc2C2CCN(Cc3cc(C)ccc3O)CC2)c1. The first-order valence-electron chi connectivity index (χ1n) is 47.1. The van der Waals surface area contributed by atoms with E-state index in [0.29, 0.717) is 29.4 Å². The average Bonchev–Trinajstić information content (AvgIpc) is 0.881. The van der Waals surface area contributed by atoms with Crippen molar-refractivity contribution in [3.05, 3.63) is 377 Å². The minimum absolute atomic E-state index is 0.362. The molecule has 678 valence electrons. The van der Waals surface area contributed by atoms with Crippen molar-refractivity contribution in [3.63, 3.8) is 0 Å². The third-order valence-electron chi connectivity index (χ3n) is 26.2. The summed E-state index contributed by atoms with van der Waals surface area (Å²) in [6, 6.07) is 79.3. The highest BCUT2D eigenvalue weighted by molar-refractivity contribution is 7.09. The predicted octanol–water partition coefficient (Wildman–Crippen LogP) is 23.8. The van der Waals surface area contributed by atoms with Crippen LogP contribution >= 0.6 is 11.3 Å². The van der Waals surface area contributed by atoms with Gasteiger partial charge in [0.05, 0.1) is 37.0 Å². The zero-order valence-electron chi connectivity index (χ0n) is 77.6. The lowest BCUT2D eigenvalue weighted by molar-refractivity contribution is 0.201. The van der Waals surface area contributed by atoms with Gasteiger partial charge in [-0.1, -0.05) is 168 Å². The highest BCUT2D eigenvalue weighted by Gasteiger charge is 2.32. The third-order valence-corrected chi connectivity index (χ3v) is 27.1. The Labute approximate surface area is 792 Å². The first kappa shape index (κ1) is 92.3. The Kier molecular flexibility index (Phi) is 31.5. The smallest absolute Gasteiger partial charge is 0.159 e. The molecule has 7 aromatic carbocycles. The van der Waals surface area contributed by atoms with Crippen LogP contribution in [0.15, 0.2) is 310 Å². The maximum absolute atomic E-state index is 10.3. The molecule has 0 spiro atoms. The number of likely N-dealkylation sites (tertiary alicyclic amines) is 4. The van der Waals surface area contributed by atoms with E-state index in [1.54, 1.807) is 69.9 Å². The molecular weight excluding hydrogens is 1670 g/mol. The van der Waals surface area contributed by atoms with Crippen LogP contribution in [0.3, 0.4) is 0 Å². The number of nitrogens with zero attached hydrogens (tertiary/aromatic N) is 16. The molecule has 0 amide bonds. The van der Waals surface area contributed by atoms with E-state index >= 15 is 0 Å². The number of phenols is 1. The number of thiophene rings is 1. The van der Waals surface area contributed by atoms with Crippen LogP contribution in [-0.2, 0) is 26.1 Å². The van der Waals surface area contributed by atoms with Gasteiger partial charge in [-0.3, -0.25) is 34.6 Å². The Hall–Kier alpha value is -13.6. The van der Waals surface area contributed by atoms with Crippen LogP contribution in [0.4, 0.5) is 0 Å². The van der Waals surface area contributed by atoms with Gasteiger partial charge in [0.2, 0.25) is 0 Å². The average molecular weight is 1790 g/mol. The van der Waals surface area contributed by atoms with Crippen molar-refractivity contribution in [2.75, 3.05) is 73.1 Å². The summed E-state index contributed by atoms with van der Waals surface area (Å²) in [7, 11) is 3.41. The van der Waals surface area contributed by atoms with Crippen molar-refractivity contribution in [1.29, 1.82) is 0 Å². The molecule has 4 fully saturated rings. The molecule has 134 heavy (non-hydrogen) atoms. The Bertz CT molecular complexity index is 6430. The zero-order valence-corrected chi connectivity index (χ0v) is 78.5. The van der Waals surface area contributed by atoms with Crippen molar-refractivity contribution in [1.82, 2.24) is 79.4 Å². The van der Waals surface area contributed by atoms with Gasteiger partial charge in [-0.05, 0) is 274 Å². The molecule has 4 saturated heterocycles. The fourth-order valence-corrected chi connectivity index (χ4v) is 19.6. The normalized spacial score (nSPS) is 14.9. The summed E-state index contributed by atoms with van der Waals surface area (Å²) in [6.07, 6.45) is 33.3. The summed E-state index contributed by atoms with van der Waals surface area (Å²) in [5, 5.41) is 12.4. The monoisotopic (exact) mass is 1790 g/mol. The number of pyridine rings is 4. The Morgan fingerprint density at radius 2 is 0.679 bits per heavy atom. The van der Waals surface area contributed by atoms with Gasteiger partial charge >= 0.3 is 0 Å². The van der Waals surface area contributed by atoms with Crippen molar-refractivity contribution >= 4 is 11.3 Å². The minimum atomic E-state index is 0.362.